The van der Waals surface area contributed by atoms with Crippen LogP contribution in [0.1, 0.15) is 20.3 Å². The fourth-order valence-corrected chi connectivity index (χ4v) is 1.74. The molecule has 0 saturated heterocycles. The standard InChI is InChI=1S/C13H18N6O/c1-3-9(2)12(14)13(20)16-10-5-4-6-11(7-10)19-8-15-17-18-19/h4-9,12H,3,14H2,1-2H3,(H,16,20). The Bertz CT molecular complexity index is 568. The van der Waals surface area contributed by atoms with Crippen molar-refractivity contribution in [2.75, 3.05) is 5.32 Å². The number of nitrogens with one attached hydrogen (secondary N) is 1. The zero-order valence-corrected chi connectivity index (χ0v) is 11.5. The van der Waals surface area contributed by atoms with Crippen LogP contribution in [0.4, 0.5) is 5.69 Å². The van der Waals surface area contributed by atoms with Gasteiger partial charge in [0.2, 0.25) is 5.91 Å². The highest BCUT2D eigenvalue weighted by atomic mass is 16.2. The van der Waals surface area contributed by atoms with E-state index < -0.39 is 6.04 Å². The number of nitrogens with two attached hydrogens (primary N) is 1. The minimum Gasteiger partial charge on any atom is -0.325 e. The first-order chi connectivity index (χ1) is 9.61. The lowest BCUT2D eigenvalue weighted by molar-refractivity contribution is -0.118. The zero-order valence-electron chi connectivity index (χ0n) is 11.5. The molecule has 0 bridgehead atoms. The van der Waals surface area contributed by atoms with Crippen molar-refractivity contribution >= 4 is 11.6 Å². The molecule has 2 unspecified atom stereocenters. The number of aromatic nitrogens is 4. The second kappa shape index (κ2) is 6.25. The van der Waals surface area contributed by atoms with Gasteiger partial charge in [0.05, 0.1) is 11.7 Å². The molecule has 1 heterocycles. The van der Waals surface area contributed by atoms with E-state index in [1.54, 1.807) is 12.1 Å². The van der Waals surface area contributed by atoms with E-state index in [9.17, 15) is 4.79 Å². The summed E-state index contributed by atoms with van der Waals surface area (Å²) >= 11 is 0. The molecule has 7 heteroatoms. The number of amides is 1. The first kappa shape index (κ1) is 14.1. The van der Waals surface area contributed by atoms with E-state index in [1.165, 1.54) is 11.0 Å². The molecule has 1 amide bonds. The van der Waals surface area contributed by atoms with E-state index >= 15 is 0 Å². The topological polar surface area (TPSA) is 98.7 Å². The molecule has 20 heavy (non-hydrogen) atoms. The first-order valence-corrected chi connectivity index (χ1v) is 6.51. The van der Waals surface area contributed by atoms with Crippen molar-refractivity contribution in [3.05, 3.63) is 30.6 Å². The average Bonchev–Trinajstić information content (AvgIpc) is 3.00. The largest absolute Gasteiger partial charge is 0.325 e. The fourth-order valence-electron chi connectivity index (χ4n) is 1.74. The number of benzene rings is 1. The third-order valence-corrected chi connectivity index (χ3v) is 3.29. The molecule has 1 aromatic heterocycles. The molecule has 2 rings (SSSR count). The number of hydrogen-bond acceptors (Lipinski definition) is 5. The van der Waals surface area contributed by atoms with Crippen LogP contribution in [0.3, 0.4) is 0 Å². The van der Waals surface area contributed by atoms with Gasteiger partial charge in [-0.1, -0.05) is 26.3 Å². The highest BCUT2D eigenvalue weighted by molar-refractivity contribution is 5.95. The van der Waals surface area contributed by atoms with Crippen molar-refractivity contribution in [1.82, 2.24) is 20.2 Å². The maximum atomic E-state index is 12.0. The van der Waals surface area contributed by atoms with Gasteiger partial charge in [-0.2, -0.15) is 0 Å². The molecule has 1 aromatic carbocycles. The van der Waals surface area contributed by atoms with Gasteiger partial charge in [0.15, 0.2) is 0 Å². The van der Waals surface area contributed by atoms with Gasteiger partial charge in [-0.05, 0) is 34.5 Å². The number of hydrogen-bond donors (Lipinski definition) is 2. The van der Waals surface area contributed by atoms with Crippen LogP contribution >= 0.6 is 0 Å². The van der Waals surface area contributed by atoms with Crippen molar-refractivity contribution < 1.29 is 4.79 Å². The third-order valence-electron chi connectivity index (χ3n) is 3.29. The van der Waals surface area contributed by atoms with E-state index in [2.05, 4.69) is 20.8 Å². The monoisotopic (exact) mass is 274 g/mol. The summed E-state index contributed by atoms with van der Waals surface area (Å²) in [6.07, 6.45) is 2.35. The minimum absolute atomic E-state index is 0.137. The van der Waals surface area contributed by atoms with E-state index in [0.29, 0.717) is 5.69 Å². The molecular weight excluding hydrogens is 256 g/mol. The second-order valence-corrected chi connectivity index (χ2v) is 4.71. The average molecular weight is 274 g/mol. The molecule has 2 atom stereocenters. The van der Waals surface area contributed by atoms with E-state index in [-0.39, 0.29) is 11.8 Å². The molecule has 3 N–H and O–H groups in total. The predicted octanol–water partition coefficient (Wildman–Crippen LogP) is 0.974. The number of tetrazole rings is 1. The molecule has 7 nitrogen and oxygen atoms in total. The van der Waals surface area contributed by atoms with Gasteiger partial charge in [-0.25, -0.2) is 4.68 Å². The Balaban J connectivity index is 2.10. The molecule has 0 saturated carbocycles. The minimum atomic E-state index is -0.517. The van der Waals surface area contributed by atoms with Crippen LogP contribution in [0.2, 0.25) is 0 Å². The summed E-state index contributed by atoms with van der Waals surface area (Å²) < 4.78 is 1.52. The normalized spacial score (nSPS) is 13.8. The van der Waals surface area contributed by atoms with Gasteiger partial charge in [-0.3, -0.25) is 4.79 Å². The first-order valence-electron chi connectivity index (χ1n) is 6.51. The van der Waals surface area contributed by atoms with Gasteiger partial charge < -0.3 is 11.1 Å². The van der Waals surface area contributed by atoms with Gasteiger partial charge in [0.1, 0.15) is 6.33 Å². The van der Waals surface area contributed by atoms with Crippen LogP contribution < -0.4 is 11.1 Å². The lowest BCUT2D eigenvalue weighted by Gasteiger charge is -2.17. The second-order valence-electron chi connectivity index (χ2n) is 4.71. The Morgan fingerprint density at radius 1 is 1.50 bits per heavy atom. The number of rotatable bonds is 5. The van der Waals surface area contributed by atoms with E-state index in [4.69, 9.17) is 5.73 Å². The molecular formula is C13H18N6O. The summed E-state index contributed by atoms with van der Waals surface area (Å²) in [5, 5.41) is 13.8. The Morgan fingerprint density at radius 2 is 2.30 bits per heavy atom. The molecule has 0 radical (unpaired) electrons. The van der Waals surface area contributed by atoms with Crippen molar-refractivity contribution in [3.63, 3.8) is 0 Å². The van der Waals surface area contributed by atoms with Crippen LogP contribution in [0.5, 0.6) is 0 Å². The van der Waals surface area contributed by atoms with Crippen LogP contribution in [0, 0.1) is 5.92 Å². The SMILES string of the molecule is CCC(C)C(N)C(=O)Nc1cccc(-n2cnnn2)c1. The zero-order chi connectivity index (χ0) is 14.5. The molecule has 0 spiro atoms. The molecule has 0 aliphatic carbocycles. The Kier molecular flexibility index (Phi) is 4.41. The van der Waals surface area contributed by atoms with Crippen LogP contribution in [0.25, 0.3) is 5.69 Å². The lowest BCUT2D eigenvalue weighted by atomic mass is 9.99. The van der Waals surface area contributed by atoms with Gasteiger partial charge >= 0.3 is 0 Å². The Labute approximate surface area is 117 Å². The maximum Gasteiger partial charge on any atom is 0.241 e. The molecule has 106 valence electrons. The Morgan fingerprint density at radius 3 is 2.95 bits per heavy atom. The lowest BCUT2D eigenvalue weighted by Crippen LogP contribution is -2.40. The molecule has 0 fully saturated rings. The highest BCUT2D eigenvalue weighted by Crippen LogP contribution is 2.14. The molecule has 0 aliphatic rings. The summed E-state index contributed by atoms with van der Waals surface area (Å²) in [5.74, 6) is -0.0501. The third kappa shape index (κ3) is 3.18. The fraction of sp³-hybridized carbons (Fsp3) is 0.385. The maximum absolute atomic E-state index is 12.0. The van der Waals surface area contributed by atoms with Crippen molar-refractivity contribution in [3.8, 4) is 5.69 Å². The number of anilines is 1. The summed E-state index contributed by atoms with van der Waals surface area (Å²) in [4.78, 5) is 12.0. The Hall–Kier alpha value is -2.28. The number of carbonyl (C=O) groups is 1. The summed E-state index contributed by atoms with van der Waals surface area (Å²) in [7, 11) is 0. The van der Waals surface area contributed by atoms with Crippen molar-refractivity contribution in [2.24, 2.45) is 11.7 Å². The molecule has 2 aromatic rings. The van der Waals surface area contributed by atoms with Crippen molar-refractivity contribution in [1.29, 1.82) is 0 Å². The van der Waals surface area contributed by atoms with E-state index in [1.807, 2.05) is 26.0 Å². The van der Waals surface area contributed by atoms with Crippen LogP contribution in [-0.2, 0) is 4.79 Å². The number of carbonyl (C=O) groups excluding carboxylic acids is 1. The summed E-state index contributed by atoms with van der Waals surface area (Å²) in [6.45, 7) is 3.97. The highest BCUT2D eigenvalue weighted by Gasteiger charge is 2.19. The van der Waals surface area contributed by atoms with Gasteiger partial charge in [0, 0.05) is 5.69 Å². The number of nitrogens with zero attached hydrogens (tertiary/aromatic N) is 4. The van der Waals surface area contributed by atoms with Crippen LogP contribution in [0.15, 0.2) is 30.6 Å². The summed E-state index contributed by atoms with van der Waals surface area (Å²) in [6, 6.07) is 6.74. The smallest absolute Gasteiger partial charge is 0.241 e. The van der Waals surface area contributed by atoms with E-state index in [0.717, 1.165) is 12.1 Å². The van der Waals surface area contributed by atoms with Crippen molar-refractivity contribution in [2.45, 2.75) is 26.3 Å². The van der Waals surface area contributed by atoms with Gasteiger partial charge in [-0.15, -0.1) is 5.10 Å². The quantitative estimate of drug-likeness (QED) is 0.846. The van der Waals surface area contributed by atoms with Crippen LogP contribution in [-0.4, -0.2) is 32.2 Å². The van der Waals surface area contributed by atoms with Gasteiger partial charge in [0.25, 0.3) is 0 Å². The molecule has 0 aliphatic heterocycles. The summed E-state index contributed by atoms with van der Waals surface area (Å²) in [5.41, 5.74) is 7.34. The predicted molar refractivity (Wildman–Crippen MR) is 75.2 cm³/mol.